The van der Waals surface area contributed by atoms with Gasteiger partial charge in [0.2, 0.25) is 0 Å². The molecule has 0 aliphatic heterocycles. The second-order valence-corrected chi connectivity index (χ2v) is 16.2. The Hall–Kier alpha value is -0.680. The number of rotatable bonds is 12. The molecule has 1 atom stereocenters. The molecule has 0 spiro atoms. The predicted octanol–water partition coefficient (Wildman–Crippen LogP) is 8.17. The molecule has 0 radical (unpaired) electrons. The van der Waals surface area contributed by atoms with Crippen molar-refractivity contribution in [1.82, 2.24) is 0 Å². The van der Waals surface area contributed by atoms with E-state index in [-0.39, 0.29) is 36.2 Å². The summed E-state index contributed by atoms with van der Waals surface area (Å²) in [6, 6.07) is 3.77. The summed E-state index contributed by atoms with van der Waals surface area (Å²) in [5.74, 6) is 0.239. The van der Waals surface area contributed by atoms with Crippen molar-refractivity contribution in [2.75, 3.05) is 13.2 Å². The summed E-state index contributed by atoms with van der Waals surface area (Å²) in [5.41, 5.74) is 1.55. The molecule has 204 valence electrons. The van der Waals surface area contributed by atoms with E-state index in [4.69, 9.17) is 18.1 Å². The van der Waals surface area contributed by atoms with Crippen LogP contribution in [0.4, 0.5) is 0 Å². The topological polar surface area (TPSA) is 91.3 Å². The van der Waals surface area contributed by atoms with Gasteiger partial charge in [0.1, 0.15) is 5.75 Å². The molecule has 0 saturated heterocycles. The molecule has 35 heavy (non-hydrogen) atoms. The highest BCUT2D eigenvalue weighted by atomic mass is 31.2. The molecular weight excluding hydrogens is 486 g/mol. The maximum absolute atomic E-state index is 14.3. The number of hydrogen-bond donors (Lipinski definition) is 1. The van der Waals surface area contributed by atoms with E-state index >= 15 is 0 Å². The second-order valence-electron chi connectivity index (χ2n) is 11.4. The quantitative estimate of drug-likeness (QED) is 0.270. The van der Waals surface area contributed by atoms with Crippen molar-refractivity contribution in [2.24, 2.45) is 0 Å². The fourth-order valence-electron chi connectivity index (χ4n) is 3.89. The van der Waals surface area contributed by atoms with E-state index in [1.165, 1.54) is 0 Å². The summed E-state index contributed by atoms with van der Waals surface area (Å²) in [7, 11) is -7.92. The molecule has 0 aliphatic rings. The van der Waals surface area contributed by atoms with Gasteiger partial charge in [0.05, 0.1) is 25.4 Å². The minimum absolute atomic E-state index is 0.0699. The molecule has 0 bridgehead atoms. The molecule has 1 aromatic rings. The number of phenols is 1. The Morgan fingerprint density at radius 3 is 1.43 bits per heavy atom. The molecule has 0 aliphatic carbocycles. The number of hydrogen-bond acceptors (Lipinski definition) is 7. The zero-order chi connectivity index (χ0) is 27.4. The van der Waals surface area contributed by atoms with E-state index in [9.17, 15) is 14.2 Å². The van der Waals surface area contributed by atoms with E-state index in [2.05, 4.69) is 0 Å². The predicted molar refractivity (Wildman–Crippen MR) is 144 cm³/mol. The van der Waals surface area contributed by atoms with Crippen LogP contribution in [0.5, 0.6) is 5.75 Å². The van der Waals surface area contributed by atoms with Crippen LogP contribution in [0.1, 0.15) is 99.8 Å². The third-order valence-electron chi connectivity index (χ3n) is 5.27. The van der Waals surface area contributed by atoms with Gasteiger partial charge in [0.15, 0.2) is 5.40 Å². The zero-order valence-corrected chi connectivity index (χ0v) is 25.6. The summed E-state index contributed by atoms with van der Waals surface area (Å²) in [5, 5.41) is 9.96. The first kappa shape index (κ1) is 32.3. The molecule has 1 N–H and O–H groups in total. The van der Waals surface area contributed by atoms with Crippen LogP contribution in [0.3, 0.4) is 0 Å². The van der Waals surface area contributed by atoms with Gasteiger partial charge in [0, 0.05) is 0 Å². The van der Waals surface area contributed by atoms with Crippen molar-refractivity contribution in [3.63, 3.8) is 0 Å². The Kier molecular flexibility index (Phi) is 11.3. The number of phenolic OH excluding ortho intramolecular Hbond substituents is 1. The Labute approximate surface area is 213 Å². The second kappa shape index (κ2) is 12.2. The van der Waals surface area contributed by atoms with Crippen LogP contribution in [0, 0.1) is 0 Å². The summed E-state index contributed by atoms with van der Waals surface area (Å²) >= 11 is 0. The monoisotopic (exact) mass is 534 g/mol. The summed E-state index contributed by atoms with van der Waals surface area (Å²) in [4.78, 5) is 0. The Morgan fingerprint density at radius 1 is 0.771 bits per heavy atom. The molecule has 7 nitrogen and oxygen atoms in total. The first-order chi connectivity index (χ1) is 15.8. The van der Waals surface area contributed by atoms with Crippen molar-refractivity contribution < 1.29 is 32.3 Å². The van der Waals surface area contributed by atoms with E-state index in [0.717, 1.165) is 16.7 Å². The van der Waals surface area contributed by atoms with E-state index in [0.29, 0.717) is 0 Å². The zero-order valence-electron chi connectivity index (χ0n) is 23.8. The average Bonchev–Trinajstić information content (AvgIpc) is 2.63. The highest BCUT2D eigenvalue weighted by molar-refractivity contribution is 7.72. The third-order valence-corrected chi connectivity index (χ3v) is 11.5. The van der Waals surface area contributed by atoms with E-state index < -0.39 is 32.8 Å². The fraction of sp³-hybridized carbons (Fsp3) is 0.769. The van der Waals surface area contributed by atoms with Gasteiger partial charge in [-0.05, 0) is 75.5 Å². The van der Waals surface area contributed by atoms with Crippen LogP contribution in [0.25, 0.3) is 0 Å². The van der Waals surface area contributed by atoms with Crippen molar-refractivity contribution in [3.05, 3.63) is 28.8 Å². The molecule has 0 amide bonds. The number of aromatic hydroxyl groups is 1. The molecule has 1 rings (SSSR count). The molecule has 0 saturated carbocycles. The van der Waals surface area contributed by atoms with Crippen LogP contribution >= 0.6 is 15.2 Å². The Morgan fingerprint density at radius 2 is 1.14 bits per heavy atom. The van der Waals surface area contributed by atoms with Crippen LogP contribution in [-0.2, 0) is 44.5 Å². The van der Waals surface area contributed by atoms with E-state index in [1.54, 1.807) is 41.5 Å². The van der Waals surface area contributed by atoms with Gasteiger partial charge >= 0.3 is 15.2 Å². The van der Waals surface area contributed by atoms with Gasteiger partial charge in [0.25, 0.3) is 0 Å². The molecule has 1 aromatic carbocycles. The van der Waals surface area contributed by atoms with Gasteiger partial charge < -0.3 is 23.2 Å². The molecular formula is C26H48O7P2. The first-order valence-electron chi connectivity index (χ1n) is 12.5. The molecule has 0 heterocycles. The third kappa shape index (κ3) is 8.69. The van der Waals surface area contributed by atoms with Crippen molar-refractivity contribution in [2.45, 2.75) is 118 Å². The summed E-state index contributed by atoms with van der Waals surface area (Å²) < 4.78 is 51.6. The van der Waals surface area contributed by atoms with Crippen LogP contribution in [0.2, 0.25) is 0 Å². The lowest BCUT2D eigenvalue weighted by Gasteiger charge is -2.34. The normalized spacial score (nSPS) is 14.7. The van der Waals surface area contributed by atoms with E-state index in [1.807, 2.05) is 53.7 Å². The van der Waals surface area contributed by atoms with Gasteiger partial charge in [-0.3, -0.25) is 9.13 Å². The van der Waals surface area contributed by atoms with Gasteiger partial charge in [-0.25, -0.2) is 0 Å². The van der Waals surface area contributed by atoms with Gasteiger partial charge in [-0.15, -0.1) is 0 Å². The summed E-state index contributed by atoms with van der Waals surface area (Å²) in [6.45, 7) is 22.9. The highest BCUT2D eigenvalue weighted by Gasteiger charge is 2.52. The maximum atomic E-state index is 14.3. The van der Waals surface area contributed by atoms with Crippen molar-refractivity contribution in [3.8, 4) is 5.75 Å². The van der Waals surface area contributed by atoms with Crippen LogP contribution in [0.15, 0.2) is 12.1 Å². The van der Waals surface area contributed by atoms with Gasteiger partial charge in [-0.1, -0.05) is 53.7 Å². The van der Waals surface area contributed by atoms with Crippen molar-refractivity contribution >= 4 is 15.2 Å². The SMILES string of the molecule is CCOP(=O)(OCC)C(Cc1cc(C(C)(C)C)c(O)c(C(C)(C)C)c1)P(=O)(OC(C)C)OC(C)C. The summed E-state index contributed by atoms with van der Waals surface area (Å²) in [6.07, 6.45) is -0.803. The van der Waals surface area contributed by atoms with Crippen LogP contribution in [-0.4, -0.2) is 35.9 Å². The largest absolute Gasteiger partial charge is 0.507 e. The van der Waals surface area contributed by atoms with Gasteiger partial charge in [-0.2, -0.15) is 0 Å². The first-order valence-corrected chi connectivity index (χ1v) is 15.7. The molecule has 0 fully saturated rings. The molecule has 9 heteroatoms. The number of benzene rings is 1. The Balaban J connectivity index is 3.91. The minimum atomic E-state index is -3.99. The molecule has 0 aromatic heterocycles. The maximum Gasteiger partial charge on any atom is 0.346 e. The minimum Gasteiger partial charge on any atom is -0.507 e. The fourth-order valence-corrected chi connectivity index (χ4v) is 9.51. The Bertz CT molecular complexity index is 868. The average molecular weight is 535 g/mol. The lowest BCUT2D eigenvalue weighted by Crippen LogP contribution is -2.24. The molecule has 1 unspecified atom stereocenters. The van der Waals surface area contributed by atoms with Crippen LogP contribution < -0.4 is 0 Å². The standard InChI is InChI=1S/C26H48O7P2/c1-13-30-34(28,31-14-2)23(35(29,32-18(3)4)33-19(5)6)17-20-15-21(25(7,8)9)24(27)22(16-20)26(10,11)12/h15-16,18-19,23,27H,13-14,17H2,1-12H3. The highest BCUT2D eigenvalue weighted by Crippen LogP contribution is 2.72. The lowest BCUT2D eigenvalue weighted by molar-refractivity contribution is 0.136. The van der Waals surface area contributed by atoms with Crippen molar-refractivity contribution in [1.29, 1.82) is 0 Å². The smallest absolute Gasteiger partial charge is 0.346 e. The lowest BCUT2D eigenvalue weighted by atomic mass is 9.78.